The van der Waals surface area contributed by atoms with Crippen molar-refractivity contribution in [2.75, 3.05) is 10.6 Å². The molecule has 1 heterocycles. The predicted molar refractivity (Wildman–Crippen MR) is 99.2 cm³/mol. The molecule has 3 unspecified atom stereocenters. The molecule has 0 aliphatic carbocycles. The van der Waals surface area contributed by atoms with Gasteiger partial charge in [-0.2, -0.15) is 0 Å². The zero-order chi connectivity index (χ0) is 16.3. The number of anilines is 2. The van der Waals surface area contributed by atoms with Gasteiger partial charge in [-0.15, -0.1) is 0 Å². The molecule has 124 valence electrons. The molecule has 2 heteroatoms. The molecule has 0 saturated carbocycles. The summed E-state index contributed by atoms with van der Waals surface area (Å²) in [5, 5.41) is 7.54. The monoisotopic (exact) mass is 302 g/mol. The third-order valence-electron chi connectivity index (χ3n) is 5.49. The molecule has 0 fully saturated rings. The minimum Gasteiger partial charge on any atom is -0.383 e. The van der Waals surface area contributed by atoms with Gasteiger partial charge >= 0.3 is 0 Å². The number of nitrogens with one attached hydrogen (secondary N) is 2. The Balaban J connectivity index is 2.45. The largest absolute Gasteiger partial charge is 0.383 e. The first-order valence-corrected chi connectivity index (χ1v) is 9.17. The first kappa shape index (κ1) is 17.2. The molecule has 0 radical (unpaired) electrons. The molecule has 2 N–H and O–H groups in total. The second kappa shape index (κ2) is 6.93. The van der Waals surface area contributed by atoms with Gasteiger partial charge in [-0.25, -0.2) is 0 Å². The second-order valence-corrected chi connectivity index (χ2v) is 7.26. The molecule has 0 saturated heterocycles. The first-order chi connectivity index (χ1) is 10.5. The minimum absolute atomic E-state index is 0.239. The maximum atomic E-state index is 3.87. The van der Waals surface area contributed by atoms with Crippen LogP contribution in [0.1, 0.15) is 84.3 Å². The molecule has 2 nitrogen and oxygen atoms in total. The van der Waals surface area contributed by atoms with Gasteiger partial charge in [-0.05, 0) is 75.1 Å². The number of hydrogen-bond donors (Lipinski definition) is 2. The lowest BCUT2D eigenvalue weighted by molar-refractivity contribution is 0.388. The number of benzene rings is 1. The summed E-state index contributed by atoms with van der Waals surface area (Å²) in [7, 11) is 0. The standard InChI is InChI=1S/C20H34N2/c1-7-14(5)21-17-11-15(8-2)19-18(12-17)16(9-3)13-20(6,10-4)22-19/h11-12,14,16,21-22H,7-10,13H2,1-6H3. The van der Waals surface area contributed by atoms with E-state index in [-0.39, 0.29) is 5.54 Å². The van der Waals surface area contributed by atoms with Crippen LogP contribution in [0.15, 0.2) is 12.1 Å². The number of aryl methyl sites for hydroxylation is 1. The van der Waals surface area contributed by atoms with Gasteiger partial charge in [0.25, 0.3) is 0 Å². The van der Waals surface area contributed by atoms with E-state index >= 15 is 0 Å². The van der Waals surface area contributed by atoms with Gasteiger partial charge < -0.3 is 10.6 Å². The topological polar surface area (TPSA) is 24.1 Å². The smallest absolute Gasteiger partial charge is 0.0413 e. The zero-order valence-electron chi connectivity index (χ0n) is 15.3. The Morgan fingerprint density at radius 3 is 2.55 bits per heavy atom. The maximum Gasteiger partial charge on any atom is 0.0413 e. The van der Waals surface area contributed by atoms with E-state index in [1.165, 1.54) is 41.8 Å². The fraction of sp³-hybridized carbons (Fsp3) is 0.700. The molecule has 1 aliphatic rings. The average molecular weight is 303 g/mol. The van der Waals surface area contributed by atoms with Gasteiger partial charge in [0.1, 0.15) is 0 Å². The fourth-order valence-electron chi connectivity index (χ4n) is 3.55. The Morgan fingerprint density at radius 2 is 2.00 bits per heavy atom. The first-order valence-electron chi connectivity index (χ1n) is 9.17. The molecule has 1 aromatic carbocycles. The summed E-state index contributed by atoms with van der Waals surface area (Å²) in [5.74, 6) is 0.671. The van der Waals surface area contributed by atoms with Crippen LogP contribution in [0.2, 0.25) is 0 Å². The Morgan fingerprint density at radius 1 is 1.27 bits per heavy atom. The molecule has 0 amide bonds. The number of rotatable bonds is 6. The lowest BCUT2D eigenvalue weighted by atomic mass is 9.76. The van der Waals surface area contributed by atoms with E-state index in [0.29, 0.717) is 12.0 Å². The third-order valence-corrected chi connectivity index (χ3v) is 5.49. The molecule has 2 rings (SSSR count). The van der Waals surface area contributed by atoms with Crippen LogP contribution in [0.3, 0.4) is 0 Å². The quantitative estimate of drug-likeness (QED) is 0.679. The van der Waals surface area contributed by atoms with Crippen LogP contribution in [0.5, 0.6) is 0 Å². The van der Waals surface area contributed by atoms with Crippen molar-refractivity contribution in [2.45, 2.75) is 91.1 Å². The van der Waals surface area contributed by atoms with Crippen LogP contribution in [-0.4, -0.2) is 11.6 Å². The highest BCUT2D eigenvalue weighted by molar-refractivity contribution is 5.68. The van der Waals surface area contributed by atoms with Gasteiger partial charge in [0.15, 0.2) is 0 Å². The van der Waals surface area contributed by atoms with Crippen molar-refractivity contribution in [1.29, 1.82) is 0 Å². The second-order valence-electron chi connectivity index (χ2n) is 7.26. The van der Waals surface area contributed by atoms with E-state index in [0.717, 1.165) is 12.8 Å². The van der Waals surface area contributed by atoms with Gasteiger partial charge in [0.2, 0.25) is 0 Å². The highest BCUT2D eigenvalue weighted by atomic mass is 15.0. The summed E-state index contributed by atoms with van der Waals surface area (Å²) in [5.41, 5.74) is 5.94. The molecule has 22 heavy (non-hydrogen) atoms. The molecular formula is C20H34N2. The van der Waals surface area contributed by atoms with E-state index in [2.05, 4.69) is 64.3 Å². The highest BCUT2D eigenvalue weighted by Crippen LogP contribution is 2.45. The summed E-state index contributed by atoms with van der Waals surface area (Å²) in [6.07, 6.45) is 5.88. The SMILES string of the molecule is CCc1cc(NC(C)CC)cc2c1NC(C)(CC)CC2CC. The van der Waals surface area contributed by atoms with Crippen LogP contribution < -0.4 is 10.6 Å². The van der Waals surface area contributed by atoms with E-state index in [1.807, 2.05) is 0 Å². The molecular weight excluding hydrogens is 268 g/mol. The van der Waals surface area contributed by atoms with Crippen molar-refractivity contribution in [3.8, 4) is 0 Å². The average Bonchev–Trinajstić information content (AvgIpc) is 2.53. The van der Waals surface area contributed by atoms with E-state index in [1.54, 1.807) is 0 Å². The Hall–Kier alpha value is -1.18. The van der Waals surface area contributed by atoms with Crippen molar-refractivity contribution in [1.82, 2.24) is 0 Å². The summed E-state index contributed by atoms with van der Waals surface area (Å²) in [6, 6.07) is 5.28. The zero-order valence-corrected chi connectivity index (χ0v) is 15.3. The molecule has 0 bridgehead atoms. The van der Waals surface area contributed by atoms with Gasteiger partial charge in [-0.1, -0.05) is 27.7 Å². The Bertz CT molecular complexity index is 509. The molecule has 0 spiro atoms. The summed E-state index contributed by atoms with van der Waals surface area (Å²) >= 11 is 0. The van der Waals surface area contributed by atoms with Crippen molar-refractivity contribution in [3.63, 3.8) is 0 Å². The van der Waals surface area contributed by atoms with Crippen LogP contribution in [0.4, 0.5) is 11.4 Å². The van der Waals surface area contributed by atoms with Gasteiger partial charge in [-0.3, -0.25) is 0 Å². The molecule has 1 aromatic rings. The van der Waals surface area contributed by atoms with Crippen LogP contribution in [0, 0.1) is 0 Å². The minimum atomic E-state index is 0.239. The normalized spacial score (nSPS) is 25.3. The van der Waals surface area contributed by atoms with Crippen LogP contribution in [-0.2, 0) is 6.42 Å². The predicted octanol–water partition coefficient (Wildman–Crippen LogP) is 5.94. The van der Waals surface area contributed by atoms with Crippen LogP contribution >= 0.6 is 0 Å². The lowest BCUT2D eigenvalue weighted by Crippen LogP contribution is -2.40. The van der Waals surface area contributed by atoms with Crippen LogP contribution in [0.25, 0.3) is 0 Å². The lowest BCUT2D eigenvalue weighted by Gasteiger charge is -2.42. The van der Waals surface area contributed by atoms with E-state index in [9.17, 15) is 0 Å². The maximum absolute atomic E-state index is 3.87. The summed E-state index contributed by atoms with van der Waals surface area (Å²) < 4.78 is 0. The van der Waals surface area contributed by atoms with Gasteiger partial charge in [0, 0.05) is 23.0 Å². The molecule has 0 aromatic heterocycles. The van der Waals surface area contributed by atoms with Crippen molar-refractivity contribution >= 4 is 11.4 Å². The highest BCUT2D eigenvalue weighted by Gasteiger charge is 2.34. The van der Waals surface area contributed by atoms with Gasteiger partial charge in [0.05, 0.1) is 0 Å². The fourth-order valence-corrected chi connectivity index (χ4v) is 3.55. The number of fused-ring (bicyclic) bond motifs is 1. The Kier molecular flexibility index (Phi) is 5.41. The molecule has 3 atom stereocenters. The van der Waals surface area contributed by atoms with Crippen molar-refractivity contribution in [3.05, 3.63) is 23.3 Å². The number of hydrogen-bond acceptors (Lipinski definition) is 2. The van der Waals surface area contributed by atoms with Crippen molar-refractivity contribution in [2.24, 2.45) is 0 Å². The third kappa shape index (κ3) is 3.42. The van der Waals surface area contributed by atoms with E-state index < -0.39 is 0 Å². The molecule has 1 aliphatic heterocycles. The Labute approximate surface area is 137 Å². The van der Waals surface area contributed by atoms with E-state index in [4.69, 9.17) is 0 Å². The summed E-state index contributed by atoms with van der Waals surface area (Å²) in [6.45, 7) is 13.8. The van der Waals surface area contributed by atoms with Crippen molar-refractivity contribution < 1.29 is 0 Å². The summed E-state index contributed by atoms with van der Waals surface area (Å²) in [4.78, 5) is 0.